The summed E-state index contributed by atoms with van der Waals surface area (Å²) in [5, 5.41) is 19.7. The van der Waals surface area contributed by atoms with Crippen LogP contribution in [0.25, 0.3) is 0 Å². The Bertz CT molecular complexity index is 975. The number of carboxylic acids is 2. The van der Waals surface area contributed by atoms with Crippen LogP contribution in [0.2, 0.25) is 0 Å². The maximum atomic E-state index is 15.1. The number of aliphatic carboxylic acids is 2. The Balaban J connectivity index is 2.42. The number of allylic oxidation sites excluding steroid dienone is 2. The molecule has 2 N–H and O–H groups in total. The molecule has 9 heteroatoms. The summed E-state index contributed by atoms with van der Waals surface area (Å²) in [6.45, 7) is 2.37. The van der Waals surface area contributed by atoms with Crippen LogP contribution in [0.5, 0.6) is 0 Å². The Hall–Kier alpha value is -2.16. The van der Waals surface area contributed by atoms with Crippen LogP contribution in [-0.4, -0.2) is 22.2 Å². The molecule has 1 aromatic carbocycles. The molecule has 1 aromatic rings. The van der Waals surface area contributed by atoms with E-state index >= 15 is 4.39 Å². The van der Waals surface area contributed by atoms with E-state index in [0.717, 1.165) is 13.0 Å². The van der Waals surface area contributed by atoms with Crippen molar-refractivity contribution in [1.29, 1.82) is 0 Å². The number of aryl methyl sites for hydroxylation is 1. The first-order valence-corrected chi connectivity index (χ1v) is 9.55. The molecule has 0 aromatic heterocycles. The third-order valence-electron chi connectivity index (χ3n) is 5.51. The zero-order chi connectivity index (χ0) is 21.9. The van der Waals surface area contributed by atoms with E-state index in [1.54, 1.807) is 0 Å². The molecule has 0 bridgehead atoms. The Morgan fingerprint density at radius 3 is 2.24 bits per heavy atom. The van der Waals surface area contributed by atoms with Gasteiger partial charge in [-0.15, -0.1) is 0 Å². The van der Waals surface area contributed by atoms with Crippen LogP contribution in [0.3, 0.4) is 0 Å². The molecule has 0 aliphatic heterocycles. The molecule has 29 heavy (non-hydrogen) atoms. The first-order valence-electron chi connectivity index (χ1n) is 8.76. The Kier molecular flexibility index (Phi) is 5.18. The molecule has 2 aliphatic carbocycles. The number of rotatable bonds is 4. The molecule has 2 atom stereocenters. The fourth-order valence-electron chi connectivity index (χ4n) is 3.82. The Labute approximate surface area is 172 Å². The van der Waals surface area contributed by atoms with Crippen molar-refractivity contribution >= 4 is 27.9 Å². The second kappa shape index (κ2) is 6.97. The van der Waals surface area contributed by atoms with E-state index in [0.29, 0.717) is 24.5 Å². The highest BCUT2D eigenvalue weighted by Gasteiger charge is 2.53. The number of carbonyl (C=O) groups is 2. The van der Waals surface area contributed by atoms with Gasteiger partial charge in [0.1, 0.15) is 5.82 Å². The summed E-state index contributed by atoms with van der Waals surface area (Å²) in [5.74, 6) is -6.36. The lowest BCUT2D eigenvalue weighted by Gasteiger charge is -2.38. The van der Waals surface area contributed by atoms with Crippen molar-refractivity contribution in [3.05, 3.63) is 56.3 Å². The van der Waals surface area contributed by atoms with Crippen LogP contribution >= 0.6 is 15.9 Å². The predicted octanol–water partition coefficient (Wildman–Crippen LogP) is 5.41. The van der Waals surface area contributed by atoms with E-state index in [1.165, 1.54) is 13.0 Å². The molecule has 0 spiro atoms. The summed E-state index contributed by atoms with van der Waals surface area (Å²) in [7, 11) is 0. The molecule has 156 valence electrons. The van der Waals surface area contributed by atoms with Crippen molar-refractivity contribution in [3.8, 4) is 0 Å². The van der Waals surface area contributed by atoms with Gasteiger partial charge in [-0.05, 0) is 65.7 Å². The maximum absolute atomic E-state index is 15.1. The molecule has 1 fully saturated rings. The number of benzene rings is 1. The molecule has 2 aliphatic rings. The molecular weight excluding hydrogens is 460 g/mol. The molecule has 2 unspecified atom stereocenters. The van der Waals surface area contributed by atoms with Gasteiger partial charge in [0.15, 0.2) is 0 Å². The van der Waals surface area contributed by atoms with E-state index in [4.69, 9.17) is 0 Å². The van der Waals surface area contributed by atoms with Gasteiger partial charge in [0.2, 0.25) is 0 Å². The first-order chi connectivity index (χ1) is 13.3. The van der Waals surface area contributed by atoms with Gasteiger partial charge in [0.25, 0.3) is 0 Å². The molecule has 0 radical (unpaired) electrons. The maximum Gasteiger partial charge on any atom is 0.416 e. The van der Waals surface area contributed by atoms with Crippen LogP contribution in [0, 0.1) is 24.1 Å². The largest absolute Gasteiger partial charge is 0.481 e. The highest BCUT2D eigenvalue weighted by Crippen LogP contribution is 2.57. The van der Waals surface area contributed by atoms with Gasteiger partial charge in [0, 0.05) is 16.0 Å². The molecule has 0 saturated heterocycles. The molecule has 1 saturated carbocycles. The Morgan fingerprint density at radius 2 is 1.79 bits per heavy atom. The third-order valence-corrected chi connectivity index (χ3v) is 6.39. The van der Waals surface area contributed by atoms with Crippen LogP contribution in [0.15, 0.2) is 33.8 Å². The van der Waals surface area contributed by atoms with Crippen molar-refractivity contribution in [2.24, 2.45) is 11.3 Å². The van der Waals surface area contributed by atoms with E-state index in [-0.39, 0.29) is 16.0 Å². The van der Waals surface area contributed by atoms with Crippen LogP contribution in [-0.2, 0) is 15.8 Å². The van der Waals surface area contributed by atoms with Gasteiger partial charge in [-0.3, -0.25) is 4.79 Å². The summed E-state index contributed by atoms with van der Waals surface area (Å²) in [6.07, 6.45) is -2.31. The average molecular weight is 477 g/mol. The molecule has 0 heterocycles. The smallest absolute Gasteiger partial charge is 0.416 e. The van der Waals surface area contributed by atoms with Gasteiger partial charge in [-0.1, -0.05) is 12.1 Å². The zero-order valence-electron chi connectivity index (χ0n) is 15.4. The van der Waals surface area contributed by atoms with Crippen molar-refractivity contribution in [1.82, 2.24) is 0 Å². The van der Waals surface area contributed by atoms with Gasteiger partial charge in [-0.2, -0.15) is 13.2 Å². The standard InChI is InChI=1S/C20H17BrF4O4/c1-8-3-6-11(20(23,24)25)12(16(8)22)14-13(17(26)27)15(21)10(9-4-5-9)7-19(14,2)18(28)29/h3,6-7,9,14H,4-5H2,1-2H3,(H,26,27)(H,28,29). The third kappa shape index (κ3) is 3.49. The summed E-state index contributed by atoms with van der Waals surface area (Å²) in [6, 6.07) is 1.59. The fourth-order valence-corrected chi connectivity index (χ4v) is 4.66. The summed E-state index contributed by atoms with van der Waals surface area (Å²) < 4.78 is 56.2. The number of carboxylic acid groups (broad SMARTS) is 2. The summed E-state index contributed by atoms with van der Waals surface area (Å²) in [4.78, 5) is 24.3. The average Bonchev–Trinajstić information content (AvgIpc) is 3.42. The van der Waals surface area contributed by atoms with Crippen molar-refractivity contribution in [2.45, 2.75) is 38.8 Å². The summed E-state index contributed by atoms with van der Waals surface area (Å²) >= 11 is 3.15. The number of halogens is 5. The lowest BCUT2D eigenvalue weighted by Crippen LogP contribution is -2.40. The Morgan fingerprint density at radius 1 is 1.21 bits per heavy atom. The SMILES string of the molecule is Cc1ccc(C(F)(F)F)c(C2C(C(=O)O)=C(Br)C(C3CC3)=CC2(C)C(=O)O)c1F. The quantitative estimate of drug-likeness (QED) is 0.569. The first kappa shape index (κ1) is 21.5. The van der Waals surface area contributed by atoms with Crippen molar-refractivity contribution in [2.75, 3.05) is 0 Å². The summed E-state index contributed by atoms with van der Waals surface area (Å²) in [5.41, 5.74) is -4.75. The van der Waals surface area contributed by atoms with E-state index in [9.17, 15) is 33.0 Å². The van der Waals surface area contributed by atoms with Gasteiger partial charge in [0.05, 0.1) is 16.6 Å². The highest BCUT2D eigenvalue weighted by atomic mass is 79.9. The second-order valence-electron chi connectivity index (χ2n) is 7.58. The number of alkyl halides is 3. The van der Waals surface area contributed by atoms with Crippen LogP contribution in [0.1, 0.15) is 42.4 Å². The highest BCUT2D eigenvalue weighted by molar-refractivity contribution is 9.12. The minimum absolute atomic E-state index is 0.0188. The van der Waals surface area contributed by atoms with E-state index < -0.39 is 52.0 Å². The lowest BCUT2D eigenvalue weighted by atomic mass is 9.64. The monoisotopic (exact) mass is 476 g/mol. The topological polar surface area (TPSA) is 74.6 Å². The molecule has 4 nitrogen and oxygen atoms in total. The zero-order valence-corrected chi connectivity index (χ0v) is 17.0. The van der Waals surface area contributed by atoms with Crippen LogP contribution < -0.4 is 0 Å². The fraction of sp³-hybridized carbons (Fsp3) is 0.400. The van der Waals surface area contributed by atoms with E-state index in [2.05, 4.69) is 15.9 Å². The van der Waals surface area contributed by atoms with Gasteiger partial charge < -0.3 is 10.2 Å². The van der Waals surface area contributed by atoms with Crippen molar-refractivity contribution in [3.63, 3.8) is 0 Å². The molecule has 0 amide bonds. The molecular formula is C20H17BrF4O4. The lowest BCUT2D eigenvalue weighted by molar-refractivity contribution is -0.148. The predicted molar refractivity (Wildman–Crippen MR) is 99.0 cm³/mol. The van der Waals surface area contributed by atoms with Crippen LogP contribution in [0.4, 0.5) is 17.6 Å². The number of hydrogen-bond donors (Lipinski definition) is 2. The normalized spacial score (nSPS) is 25.1. The second-order valence-corrected chi connectivity index (χ2v) is 8.38. The minimum atomic E-state index is -5.00. The minimum Gasteiger partial charge on any atom is -0.481 e. The van der Waals surface area contributed by atoms with E-state index in [1.807, 2.05) is 0 Å². The number of hydrogen-bond acceptors (Lipinski definition) is 2. The van der Waals surface area contributed by atoms with Gasteiger partial charge in [-0.25, -0.2) is 9.18 Å². The van der Waals surface area contributed by atoms with Gasteiger partial charge >= 0.3 is 18.1 Å². The molecule has 3 rings (SSSR count). The van der Waals surface area contributed by atoms with Crippen molar-refractivity contribution < 1.29 is 37.4 Å².